The molecule has 6 nitrogen and oxygen atoms in total. The van der Waals surface area contributed by atoms with Crippen LogP contribution in [0.2, 0.25) is 5.02 Å². The highest BCUT2D eigenvalue weighted by Gasteiger charge is 2.06. The number of pyridine rings is 2. The van der Waals surface area contributed by atoms with Gasteiger partial charge in [0.25, 0.3) is 0 Å². The standard InChI is InChI=1S/C14H10ClN5O/c15-10-1-8-3-12(21-14(8)18-5-10)7-16-11-2-9-4-19-20-13(9)17-6-11/h1-6,16H,7H2,(H,17,19,20). The summed E-state index contributed by atoms with van der Waals surface area (Å²) in [4.78, 5) is 8.41. The first-order valence-electron chi connectivity index (χ1n) is 6.35. The molecule has 4 aromatic heterocycles. The molecule has 0 spiro atoms. The lowest BCUT2D eigenvalue weighted by atomic mass is 10.3. The molecule has 4 rings (SSSR count). The molecule has 0 saturated heterocycles. The van der Waals surface area contributed by atoms with Crippen molar-refractivity contribution in [3.8, 4) is 0 Å². The van der Waals surface area contributed by atoms with E-state index in [1.54, 1.807) is 18.6 Å². The number of fused-ring (bicyclic) bond motifs is 2. The molecule has 104 valence electrons. The van der Waals surface area contributed by atoms with Gasteiger partial charge in [0.05, 0.1) is 29.6 Å². The maximum absolute atomic E-state index is 5.91. The highest BCUT2D eigenvalue weighted by atomic mass is 35.5. The van der Waals surface area contributed by atoms with E-state index in [-0.39, 0.29) is 0 Å². The van der Waals surface area contributed by atoms with Crippen molar-refractivity contribution in [2.24, 2.45) is 0 Å². The molecule has 0 aliphatic rings. The first-order valence-corrected chi connectivity index (χ1v) is 6.73. The predicted octanol–water partition coefficient (Wildman–Crippen LogP) is 3.36. The second-order valence-corrected chi connectivity index (χ2v) is 5.08. The molecule has 7 heteroatoms. The Hall–Kier alpha value is -2.60. The Kier molecular flexibility index (Phi) is 2.75. The largest absolute Gasteiger partial charge is 0.441 e. The number of H-pyrrole nitrogens is 1. The first kappa shape index (κ1) is 12.2. The van der Waals surface area contributed by atoms with Crippen LogP contribution in [0.1, 0.15) is 5.76 Å². The lowest BCUT2D eigenvalue weighted by Gasteiger charge is -2.03. The van der Waals surface area contributed by atoms with Gasteiger partial charge in [-0.05, 0) is 18.2 Å². The number of hydrogen-bond acceptors (Lipinski definition) is 5. The Bertz CT molecular complexity index is 929. The van der Waals surface area contributed by atoms with E-state index in [1.165, 1.54) is 0 Å². The van der Waals surface area contributed by atoms with Gasteiger partial charge in [0.15, 0.2) is 5.65 Å². The summed E-state index contributed by atoms with van der Waals surface area (Å²) in [6.45, 7) is 0.541. The minimum absolute atomic E-state index is 0.541. The fraction of sp³-hybridized carbons (Fsp3) is 0.0714. The van der Waals surface area contributed by atoms with Gasteiger partial charge in [-0.1, -0.05) is 11.6 Å². The summed E-state index contributed by atoms with van der Waals surface area (Å²) in [7, 11) is 0. The molecule has 2 N–H and O–H groups in total. The second kappa shape index (κ2) is 4.75. The summed E-state index contributed by atoms with van der Waals surface area (Å²) in [5.74, 6) is 0.784. The second-order valence-electron chi connectivity index (χ2n) is 4.65. The van der Waals surface area contributed by atoms with Crippen LogP contribution in [0.15, 0.2) is 41.2 Å². The first-order chi connectivity index (χ1) is 10.3. The molecule has 0 aliphatic carbocycles. The molecule has 0 bridgehead atoms. The van der Waals surface area contributed by atoms with Crippen molar-refractivity contribution in [3.63, 3.8) is 0 Å². The number of anilines is 1. The van der Waals surface area contributed by atoms with Gasteiger partial charge in [-0.3, -0.25) is 5.10 Å². The summed E-state index contributed by atoms with van der Waals surface area (Å²) < 4.78 is 5.65. The number of nitrogens with zero attached hydrogens (tertiary/aromatic N) is 3. The number of nitrogens with one attached hydrogen (secondary N) is 2. The zero-order valence-corrected chi connectivity index (χ0v) is 11.6. The van der Waals surface area contributed by atoms with Crippen LogP contribution < -0.4 is 5.32 Å². The molecule has 0 radical (unpaired) electrons. The molecule has 0 atom stereocenters. The third-order valence-electron chi connectivity index (χ3n) is 3.15. The van der Waals surface area contributed by atoms with Gasteiger partial charge in [0.1, 0.15) is 5.76 Å². The fourth-order valence-corrected chi connectivity index (χ4v) is 2.33. The van der Waals surface area contributed by atoms with Crippen LogP contribution in [0.4, 0.5) is 5.69 Å². The molecule has 0 aromatic carbocycles. The summed E-state index contributed by atoms with van der Waals surface area (Å²) in [6.07, 6.45) is 5.06. The van der Waals surface area contributed by atoms with Crippen LogP contribution in [-0.4, -0.2) is 20.2 Å². The zero-order chi connectivity index (χ0) is 14.2. The predicted molar refractivity (Wildman–Crippen MR) is 80.2 cm³/mol. The number of furan rings is 1. The topological polar surface area (TPSA) is 79.6 Å². The molecule has 0 amide bonds. The Balaban J connectivity index is 1.56. The van der Waals surface area contributed by atoms with E-state index in [2.05, 4.69) is 25.5 Å². The van der Waals surface area contributed by atoms with E-state index < -0.39 is 0 Å². The van der Waals surface area contributed by atoms with Crippen LogP contribution in [0.5, 0.6) is 0 Å². The van der Waals surface area contributed by atoms with E-state index >= 15 is 0 Å². The number of aromatic nitrogens is 4. The number of halogens is 1. The van der Waals surface area contributed by atoms with Crippen molar-refractivity contribution in [2.45, 2.75) is 6.54 Å². The van der Waals surface area contributed by atoms with Crippen LogP contribution in [-0.2, 0) is 6.54 Å². The average Bonchev–Trinajstić information content (AvgIpc) is 3.09. The van der Waals surface area contributed by atoms with Crippen molar-refractivity contribution < 1.29 is 4.42 Å². The minimum atomic E-state index is 0.541. The quantitative estimate of drug-likeness (QED) is 0.606. The van der Waals surface area contributed by atoms with Gasteiger partial charge in [0.2, 0.25) is 5.71 Å². The van der Waals surface area contributed by atoms with Gasteiger partial charge in [-0.2, -0.15) is 5.10 Å². The lowest BCUT2D eigenvalue weighted by Crippen LogP contribution is -1.98. The summed E-state index contributed by atoms with van der Waals surface area (Å²) in [5.41, 5.74) is 2.25. The van der Waals surface area contributed by atoms with E-state index in [0.717, 1.165) is 27.9 Å². The Morgan fingerprint density at radius 1 is 1.10 bits per heavy atom. The van der Waals surface area contributed by atoms with Crippen molar-refractivity contribution >= 4 is 39.4 Å². The summed E-state index contributed by atoms with van der Waals surface area (Å²) in [6, 6.07) is 5.73. The number of aromatic amines is 1. The molecule has 0 unspecified atom stereocenters. The highest BCUT2D eigenvalue weighted by Crippen LogP contribution is 2.21. The van der Waals surface area contributed by atoms with E-state index in [9.17, 15) is 0 Å². The van der Waals surface area contributed by atoms with Gasteiger partial charge in [-0.25, -0.2) is 9.97 Å². The third-order valence-corrected chi connectivity index (χ3v) is 3.35. The van der Waals surface area contributed by atoms with Crippen LogP contribution >= 0.6 is 11.6 Å². The van der Waals surface area contributed by atoms with Crippen LogP contribution in [0.25, 0.3) is 22.1 Å². The normalized spacial score (nSPS) is 11.3. The Morgan fingerprint density at radius 2 is 2.05 bits per heavy atom. The lowest BCUT2D eigenvalue weighted by molar-refractivity contribution is 0.549. The maximum Gasteiger partial charge on any atom is 0.226 e. The van der Waals surface area contributed by atoms with Gasteiger partial charge >= 0.3 is 0 Å². The molecule has 0 saturated carbocycles. The smallest absolute Gasteiger partial charge is 0.226 e. The van der Waals surface area contributed by atoms with E-state index in [1.807, 2.05) is 18.2 Å². The molecule has 4 aromatic rings. The SMILES string of the molecule is Clc1cnc2oc(CNc3cnc4[nH]ncc4c3)cc2c1. The maximum atomic E-state index is 5.91. The van der Waals surface area contributed by atoms with Crippen molar-refractivity contribution in [3.05, 3.63) is 47.6 Å². The van der Waals surface area contributed by atoms with Crippen molar-refractivity contribution in [1.82, 2.24) is 20.2 Å². The summed E-state index contributed by atoms with van der Waals surface area (Å²) >= 11 is 5.91. The number of rotatable bonds is 3. The Morgan fingerprint density at radius 3 is 3.00 bits per heavy atom. The molecular formula is C14H10ClN5O. The average molecular weight is 300 g/mol. The third kappa shape index (κ3) is 2.30. The minimum Gasteiger partial charge on any atom is -0.441 e. The van der Waals surface area contributed by atoms with Gasteiger partial charge in [-0.15, -0.1) is 0 Å². The van der Waals surface area contributed by atoms with Crippen molar-refractivity contribution in [1.29, 1.82) is 0 Å². The monoisotopic (exact) mass is 299 g/mol. The highest BCUT2D eigenvalue weighted by molar-refractivity contribution is 6.31. The number of hydrogen-bond donors (Lipinski definition) is 2. The fourth-order valence-electron chi connectivity index (χ4n) is 2.17. The molecule has 0 fully saturated rings. The molecule has 4 heterocycles. The van der Waals surface area contributed by atoms with Crippen LogP contribution in [0, 0.1) is 0 Å². The molecule has 0 aliphatic heterocycles. The molecular weight excluding hydrogens is 290 g/mol. The zero-order valence-electron chi connectivity index (χ0n) is 10.8. The van der Waals surface area contributed by atoms with E-state index in [4.69, 9.17) is 16.0 Å². The summed E-state index contributed by atoms with van der Waals surface area (Å²) in [5, 5.41) is 12.5. The van der Waals surface area contributed by atoms with Crippen molar-refractivity contribution in [2.75, 3.05) is 5.32 Å². The Labute approximate surface area is 124 Å². The molecule has 21 heavy (non-hydrogen) atoms. The van der Waals surface area contributed by atoms with Gasteiger partial charge in [0, 0.05) is 17.0 Å². The van der Waals surface area contributed by atoms with E-state index in [0.29, 0.717) is 17.3 Å². The van der Waals surface area contributed by atoms with Crippen LogP contribution in [0.3, 0.4) is 0 Å². The van der Waals surface area contributed by atoms with Gasteiger partial charge < -0.3 is 9.73 Å².